The van der Waals surface area contributed by atoms with Crippen molar-refractivity contribution in [2.45, 2.75) is 32.4 Å². The van der Waals surface area contributed by atoms with Gasteiger partial charge in [-0.25, -0.2) is 4.79 Å². The standard InChI is InChI=1S/C25H30N4O2/c1-19(2)29-23-12-8-7-11-22(23)28(25(29)31)18-17-27-15-13-21(14-16-27)26(3)24(30)20-9-5-4-6-10-20/h4-12,21H,1,13-18H2,2-3H3. The van der Waals surface area contributed by atoms with Crippen molar-refractivity contribution in [2.75, 3.05) is 26.7 Å². The number of rotatable bonds is 6. The topological polar surface area (TPSA) is 50.5 Å². The van der Waals surface area contributed by atoms with E-state index in [1.54, 1.807) is 4.57 Å². The maximum absolute atomic E-state index is 13.0. The summed E-state index contributed by atoms with van der Waals surface area (Å²) in [6, 6.07) is 17.6. The maximum Gasteiger partial charge on any atom is 0.333 e. The molecule has 1 amide bonds. The highest BCUT2D eigenvalue weighted by Crippen LogP contribution is 2.19. The molecule has 1 saturated heterocycles. The Labute approximate surface area is 183 Å². The molecule has 6 heteroatoms. The van der Waals surface area contributed by atoms with Crippen molar-refractivity contribution in [3.63, 3.8) is 0 Å². The third kappa shape index (κ3) is 4.21. The molecule has 0 spiro atoms. The van der Waals surface area contributed by atoms with Crippen LogP contribution in [0.25, 0.3) is 16.7 Å². The summed E-state index contributed by atoms with van der Waals surface area (Å²) in [5.41, 5.74) is 3.28. The quantitative estimate of drug-likeness (QED) is 0.615. The zero-order chi connectivity index (χ0) is 22.0. The zero-order valence-electron chi connectivity index (χ0n) is 18.3. The lowest BCUT2D eigenvalue weighted by atomic mass is 10.0. The number of aromatic nitrogens is 2. The van der Waals surface area contributed by atoms with E-state index in [0.29, 0.717) is 6.54 Å². The Morgan fingerprint density at radius 2 is 1.61 bits per heavy atom. The molecule has 31 heavy (non-hydrogen) atoms. The number of piperidine rings is 1. The van der Waals surface area contributed by atoms with E-state index < -0.39 is 0 Å². The van der Waals surface area contributed by atoms with Crippen LogP contribution in [-0.2, 0) is 6.54 Å². The predicted octanol–water partition coefficient (Wildman–Crippen LogP) is 3.53. The number of carbonyl (C=O) groups is 1. The highest BCUT2D eigenvalue weighted by atomic mass is 16.2. The molecule has 2 aromatic carbocycles. The molecular formula is C25H30N4O2. The van der Waals surface area contributed by atoms with Crippen LogP contribution in [0.4, 0.5) is 0 Å². The molecule has 4 rings (SSSR count). The maximum atomic E-state index is 13.0. The second-order valence-electron chi connectivity index (χ2n) is 8.35. The van der Waals surface area contributed by atoms with Gasteiger partial charge in [0.15, 0.2) is 0 Å². The second kappa shape index (κ2) is 8.94. The number of carbonyl (C=O) groups excluding carboxylic acids is 1. The summed E-state index contributed by atoms with van der Waals surface area (Å²) in [6.07, 6.45) is 1.88. The monoisotopic (exact) mass is 418 g/mol. The van der Waals surface area contributed by atoms with Crippen LogP contribution in [0.5, 0.6) is 0 Å². The molecule has 0 unspecified atom stereocenters. The minimum Gasteiger partial charge on any atom is -0.339 e. The molecule has 1 aliphatic heterocycles. The SMILES string of the molecule is C=C(C)n1c(=O)n(CCN2CCC(N(C)C(=O)c3ccccc3)CC2)c2ccccc21. The Morgan fingerprint density at radius 3 is 2.26 bits per heavy atom. The van der Waals surface area contributed by atoms with Crippen LogP contribution in [0.15, 0.2) is 66.0 Å². The lowest BCUT2D eigenvalue weighted by Crippen LogP contribution is -2.46. The van der Waals surface area contributed by atoms with Crippen LogP contribution in [-0.4, -0.2) is 57.6 Å². The number of likely N-dealkylation sites (tertiary alicyclic amines) is 1. The van der Waals surface area contributed by atoms with Crippen LogP contribution in [0, 0.1) is 0 Å². The number of hydrogen-bond donors (Lipinski definition) is 0. The van der Waals surface area contributed by atoms with Gasteiger partial charge in [-0.05, 0) is 44.0 Å². The summed E-state index contributed by atoms with van der Waals surface area (Å²) in [7, 11) is 1.90. The van der Waals surface area contributed by atoms with Gasteiger partial charge in [-0.2, -0.15) is 0 Å². The fourth-order valence-electron chi connectivity index (χ4n) is 4.52. The van der Waals surface area contributed by atoms with E-state index >= 15 is 0 Å². The number of hydrogen-bond acceptors (Lipinski definition) is 3. The zero-order valence-corrected chi connectivity index (χ0v) is 18.3. The fraction of sp³-hybridized carbons (Fsp3) is 0.360. The van der Waals surface area contributed by atoms with Gasteiger partial charge in [0.05, 0.1) is 11.0 Å². The third-order valence-electron chi connectivity index (χ3n) is 6.30. The largest absolute Gasteiger partial charge is 0.339 e. The van der Waals surface area contributed by atoms with Gasteiger partial charge in [0.25, 0.3) is 5.91 Å². The summed E-state index contributed by atoms with van der Waals surface area (Å²) in [6.45, 7) is 9.12. The van der Waals surface area contributed by atoms with E-state index in [0.717, 1.165) is 54.8 Å². The Balaban J connectivity index is 1.38. The number of benzene rings is 2. The van der Waals surface area contributed by atoms with Crippen molar-refractivity contribution < 1.29 is 4.79 Å². The van der Waals surface area contributed by atoms with Gasteiger partial charge in [0.1, 0.15) is 0 Å². The van der Waals surface area contributed by atoms with Crippen molar-refractivity contribution in [3.05, 3.63) is 77.2 Å². The summed E-state index contributed by atoms with van der Waals surface area (Å²) in [5.74, 6) is 0.0817. The molecule has 0 radical (unpaired) electrons. The third-order valence-corrected chi connectivity index (χ3v) is 6.30. The molecule has 0 N–H and O–H groups in total. The normalized spacial score (nSPS) is 15.3. The Kier molecular flexibility index (Phi) is 6.09. The Bertz CT molecular complexity index is 1140. The second-order valence-corrected chi connectivity index (χ2v) is 8.35. The van der Waals surface area contributed by atoms with Crippen molar-refractivity contribution in [1.29, 1.82) is 0 Å². The molecule has 0 bridgehead atoms. The average molecular weight is 419 g/mol. The van der Waals surface area contributed by atoms with Crippen LogP contribution in [0.2, 0.25) is 0 Å². The van der Waals surface area contributed by atoms with Crippen molar-refractivity contribution in [1.82, 2.24) is 18.9 Å². The van der Waals surface area contributed by atoms with Gasteiger partial charge in [0, 0.05) is 50.5 Å². The first-order valence-electron chi connectivity index (χ1n) is 10.9. The summed E-state index contributed by atoms with van der Waals surface area (Å²) in [4.78, 5) is 29.9. The summed E-state index contributed by atoms with van der Waals surface area (Å²) < 4.78 is 3.53. The molecule has 0 saturated carbocycles. The number of amides is 1. The molecule has 6 nitrogen and oxygen atoms in total. The van der Waals surface area contributed by atoms with Crippen molar-refractivity contribution in [3.8, 4) is 0 Å². The molecule has 2 heterocycles. The molecule has 3 aromatic rings. The minimum atomic E-state index is -0.0308. The summed E-state index contributed by atoms with van der Waals surface area (Å²) in [5, 5.41) is 0. The van der Waals surface area contributed by atoms with Crippen molar-refractivity contribution >= 4 is 22.6 Å². The molecule has 1 aromatic heterocycles. The molecule has 0 aliphatic carbocycles. The molecule has 162 valence electrons. The van der Waals surface area contributed by atoms with E-state index in [4.69, 9.17) is 0 Å². The highest BCUT2D eigenvalue weighted by molar-refractivity contribution is 5.94. The first kappa shape index (κ1) is 21.1. The minimum absolute atomic E-state index is 0.0308. The first-order valence-corrected chi connectivity index (χ1v) is 10.9. The van der Waals surface area contributed by atoms with E-state index in [9.17, 15) is 9.59 Å². The number of para-hydroxylation sites is 2. The van der Waals surface area contributed by atoms with Gasteiger partial charge < -0.3 is 9.80 Å². The van der Waals surface area contributed by atoms with Gasteiger partial charge in [0.2, 0.25) is 0 Å². The Hall–Kier alpha value is -3.12. The van der Waals surface area contributed by atoms with Crippen molar-refractivity contribution in [2.24, 2.45) is 0 Å². The van der Waals surface area contributed by atoms with Gasteiger partial charge in [-0.15, -0.1) is 0 Å². The summed E-state index contributed by atoms with van der Waals surface area (Å²) >= 11 is 0. The molecular weight excluding hydrogens is 388 g/mol. The van der Waals surface area contributed by atoms with Gasteiger partial charge in [-0.1, -0.05) is 36.9 Å². The van der Waals surface area contributed by atoms with E-state index in [-0.39, 0.29) is 17.6 Å². The number of fused-ring (bicyclic) bond motifs is 1. The number of nitrogens with zero attached hydrogens (tertiary/aromatic N) is 4. The predicted molar refractivity (Wildman–Crippen MR) is 125 cm³/mol. The Morgan fingerprint density at radius 1 is 1.00 bits per heavy atom. The highest BCUT2D eigenvalue weighted by Gasteiger charge is 2.26. The van der Waals surface area contributed by atoms with E-state index in [1.807, 2.05) is 78.0 Å². The lowest BCUT2D eigenvalue weighted by molar-refractivity contribution is 0.0640. The van der Waals surface area contributed by atoms with E-state index in [2.05, 4.69) is 11.5 Å². The van der Waals surface area contributed by atoms with Crippen LogP contribution in [0.3, 0.4) is 0 Å². The van der Waals surface area contributed by atoms with Gasteiger partial charge >= 0.3 is 5.69 Å². The van der Waals surface area contributed by atoms with E-state index in [1.165, 1.54) is 0 Å². The number of allylic oxidation sites excluding steroid dienone is 1. The fourth-order valence-corrected chi connectivity index (χ4v) is 4.52. The van der Waals surface area contributed by atoms with Crippen LogP contribution in [0.1, 0.15) is 30.1 Å². The molecule has 1 aliphatic rings. The smallest absolute Gasteiger partial charge is 0.333 e. The lowest BCUT2D eigenvalue weighted by Gasteiger charge is -2.36. The average Bonchev–Trinajstić information content (AvgIpc) is 3.09. The van der Waals surface area contributed by atoms with Gasteiger partial charge in [-0.3, -0.25) is 13.9 Å². The first-order chi connectivity index (χ1) is 15.0. The van der Waals surface area contributed by atoms with Crippen LogP contribution < -0.4 is 5.69 Å². The molecule has 0 atom stereocenters. The molecule has 1 fully saturated rings. The van der Waals surface area contributed by atoms with Crippen LogP contribution >= 0.6 is 0 Å². The number of imidazole rings is 1.